The van der Waals surface area contributed by atoms with Crippen molar-refractivity contribution in [3.63, 3.8) is 0 Å². The first-order chi connectivity index (χ1) is 8.70. The van der Waals surface area contributed by atoms with Gasteiger partial charge in [-0.25, -0.2) is 4.79 Å². The van der Waals surface area contributed by atoms with Gasteiger partial charge in [-0.05, 0) is 17.7 Å². The maximum Gasteiger partial charge on any atom is 0.317 e. The van der Waals surface area contributed by atoms with Gasteiger partial charge in [-0.1, -0.05) is 17.7 Å². The Labute approximate surface area is 111 Å². The molecule has 1 fully saturated rings. The Bertz CT molecular complexity index is 439. The second-order valence-electron chi connectivity index (χ2n) is 4.04. The molecule has 5 nitrogen and oxygen atoms in total. The molecule has 3 N–H and O–H groups in total. The summed E-state index contributed by atoms with van der Waals surface area (Å²) >= 11 is 6.06. The number of rotatable bonds is 5. The fourth-order valence-electron chi connectivity index (χ4n) is 1.78. The van der Waals surface area contributed by atoms with Crippen molar-refractivity contribution in [2.45, 2.75) is 6.54 Å². The Morgan fingerprint density at radius 2 is 2.33 bits per heavy atom. The van der Waals surface area contributed by atoms with Crippen molar-refractivity contribution in [2.24, 2.45) is 5.73 Å². The van der Waals surface area contributed by atoms with Crippen molar-refractivity contribution in [3.05, 3.63) is 28.8 Å². The van der Waals surface area contributed by atoms with Gasteiger partial charge < -0.3 is 20.7 Å². The van der Waals surface area contributed by atoms with Crippen LogP contribution in [0, 0.1) is 0 Å². The molecule has 1 aliphatic heterocycles. The second-order valence-corrected chi connectivity index (χ2v) is 4.44. The lowest BCUT2D eigenvalue weighted by molar-refractivity contribution is 0.202. The number of benzene rings is 1. The highest BCUT2D eigenvalue weighted by Crippen LogP contribution is 2.25. The normalized spacial score (nSPS) is 14.8. The van der Waals surface area contributed by atoms with E-state index in [0.717, 1.165) is 12.1 Å². The van der Waals surface area contributed by atoms with Crippen molar-refractivity contribution in [2.75, 3.05) is 26.2 Å². The number of hydrogen-bond acceptors (Lipinski definition) is 3. The minimum Gasteiger partial charge on any atom is -0.490 e. The smallest absolute Gasteiger partial charge is 0.317 e. The summed E-state index contributed by atoms with van der Waals surface area (Å²) in [5.74, 6) is 0.619. The quantitative estimate of drug-likeness (QED) is 0.844. The highest BCUT2D eigenvalue weighted by molar-refractivity contribution is 6.32. The van der Waals surface area contributed by atoms with Crippen LogP contribution in [0.15, 0.2) is 18.2 Å². The predicted octanol–water partition coefficient (Wildman–Crippen LogP) is 1.20. The summed E-state index contributed by atoms with van der Waals surface area (Å²) in [6.45, 7) is 2.86. The Morgan fingerprint density at radius 3 is 2.94 bits per heavy atom. The molecule has 1 aromatic carbocycles. The lowest BCUT2D eigenvalue weighted by Gasteiger charge is -2.15. The molecular weight excluding hydrogens is 254 g/mol. The summed E-state index contributed by atoms with van der Waals surface area (Å²) in [6.07, 6.45) is 0. The van der Waals surface area contributed by atoms with Crippen molar-refractivity contribution < 1.29 is 9.53 Å². The number of carbonyl (C=O) groups is 1. The van der Waals surface area contributed by atoms with Crippen LogP contribution < -0.4 is 15.8 Å². The van der Waals surface area contributed by atoms with E-state index < -0.39 is 0 Å². The number of carbonyl (C=O) groups excluding carboxylic acids is 1. The van der Waals surface area contributed by atoms with Crippen LogP contribution in [0.1, 0.15) is 5.56 Å². The molecule has 0 atom stereocenters. The number of ether oxygens (including phenoxy) is 1. The van der Waals surface area contributed by atoms with Gasteiger partial charge in [0.05, 0.1) is 11.6 Å². The number of urea groups is 1. The van der Waals surface area contributed by atoms with E-state index in [2.05, 4.69) is 5.32 Å². The third-order valence-corrected chi connectivity index (χ3v) is 3.09. The third kappa shape index (κ3) is 3.05. The van der Waals surface area contributed by atoms with Crippen LogP contribution in [0.3, 0.4) is 0 Å². The van der Waals surface area contributed by atoms with E-state index in [-0.39, 0.29) is 6.03 Å². The van der Waals surface area contributed by atoms with Gasteiger partial charge in [0.1, 0.15) is 12.4 Å². The summed E-state index contributed by atoms with van der Waals surface area (Å²) in [5, 5.41) is 3.28. The number of nitrogens with two attached hydrogens (primary N) is 1. The molecule has 0 saturated carbocycles. The van der Waals surface area contributed by atoms with Crippen LogP contribution in [0.2, 0.25) is 5.02 Å². The van der Waals surface area contributed by atoms with Gasteiger partial charge in [-0.3, -0.25) is 0 Å². The number of amides is 2. The monoisotopic (exact) mass is 269 g/mol. The van der Waals surface area contributed by atoms with E-state index in [1.54, 1.807) is 17.0 Å². The summed E-state index contributed by atoms with van der Waals surface area (Å²) in [7, 11) is 0. The molecule has 0 aromatic heterocycles. The first kappa shape index (κ1) is 13.0. The summed E-state index contributed by atoms with van der Waals surface area (Å²) < 4.78 is 5.55. The van der Waals surface area contributed by atoms with Gasteiger partial charge in [-0.2, -0.15) is 0 Å². The topological polar surface area (TPSA) is 67.6 Å². The molecule has 0 spiro atoms. The van der Waals surface area contributed by atoms with Gasteiger partial charge in [-0.15, -0.1) is 0 Å². The molecule has 1 aliphatic rings. The fourth-order valence-corrected chi connectivity index (χ4v) is 2.04. The molecule has 0 aliphatic carbocycles. The average Bonchev–Trinajstić information content (AvgIpc) is 2.77. The first-order valence-electron chi connectivity index (χ1n) is 5.85. The molecule has 0 unspecified atom stereocenters. The SMILES string of the molecule is NCc1ccc(OCCN2CCNC2=O)c(Cl)c1. The van der Waals surface area contributed by atoms with Gasteiger partial charge in [0.15, 0.2) is 0 Å². The van der Waals surface area contributed by atoms with Gasteiger partial charge in [0.2, 0.25) is 0 Å². The zero-order valence-corrected chi connectivity index (χ0v) is 10.7. The van der Waals surface area contributed by atoms with Crippen molar-refractivity contribution >= 4 is 17.6 Å². The molecule has 0 radical (unpaired) electrons. The largest absolute Gasteiger partial charge is 0.490 e. The van der Waals surface area contributed by atoms with Gasteiger partial charge in [0.25, 0.3) is 0 Å². The first-order valence-corrected chi connectivity index (χ1v) is 6.22. The molecule has 1 aromatic rings. The molecule has 18 heavy (non-hydrogen) atoms. The maximum atomic E-state index is 11.3. The number of halogens is 1. The van der Waals surface area contributed by atoms with Crippen molar-refractivity contribution in [3.8, 4) is 5.75 Å². The maximum absolute atomic E-state index is 11.3. The molecule has 98 valence electrons. The van der Waals surface area contributed by atoms with E-state index in [9.17, 15) is 4.79 Å². The van der Waals surface area contributed by atoms with Gasteiger partial charge in [0, 0.05) is 19.6 Å². The lowest BCUT2D eigenvalue weighted by atomic mass is 10.2. The molecular formula is C12H16ClN3O2. The van der Waals surface area contributed by atoms with Gasteiger partial charge >= 0.3 is 6.03 Å². The van der Waals surface area contributed by atoms with E-state index >= 15 is 0 Å². The van der Waals surface area contributed by atoms with E-state index in [1.807, 2.05) is 6.07 Å². The Balaban J connectivity index is 1.84. The van der Waals surface area contributed by atoms with Crippen LogP contribution in [-0.4, -0.2) is 37.2 Å². The standard InChI is InChI=1S/C12H16ClN3O2/c13-10-7-9(8-14)1-2-11(10)18-6-5-16-4-3-15-12(16)17/h1-2,7H,3-6,8,14H2,(H,15,17). The third-order valence-electron chi connectivity index (χ3n) is 2.80. The zero-order valence-electron chi connectivity index (χ0n) is 9.99. The lowest BCUT2D eigenvalue weighted by Crippen LogP contribution is -2.31. The van der Waals surface area contributed by atoms with Crippen LogP contribution in [0.25, 0.3) is 0 Å². The average molecular weight is 270 g/mol. The van der Waals surface area contributed by atoms with Crippen molar-refractivity contribution in [1.82, 2.24) is 10.2 Å². The van der Waals surface area contributed by atoms with E-state index in [0.29, 0.717) is 37.0 Å². The van der Waals surface area contributed by atoms with Crippen LogP contribution in [0.5, 0.6) is 5.75 Å². The Hall–Kier alpha value is -1.46. The fraction of sp³-hybridized carbons (Fsp3) is 0.417. The van der Waals surface area contributed by atoms with E-state index in [4.69, 9.17) is 22.1 Å². The molecule has 2 amide bonds. The molecule has 0 bridgehead atoms. The summed E-state index contributed by atoms with van der Waals surface area (Å²) in [5.41, 5.74) is 6.48. The van der Waals surface area contributed by atoms with Crippen LogP contribution in [-0.2, 0) is 6.54 Å². The molecule has 1 heterocycles. The summed E-state index contributed by atoms with van der Waals surface area (Å²) in [4.78, 5) is 13.0. The predicted molar refractivity (Wildman–Crippen MR) is 69.8 cm³/mol. The number of nitrogens with one attached hydrogen (secondary N) is 1. The van der Waals surface area contributed by atoms with Crippen LogP contribution >= 0.6 is 11.6 Å². The zero-order chi connectivity index (χ0) is 13.0. The molecule has 1 saturated heterocycles. The number of hydrogen-bond donors (Lipinski definition) is 2. The summed E-state index contributed by atoms with van der Waals surface area (Å²) in [6, 6.07) is 5.43. The Kier molecular flexibility index (Phi) is 4.28. The van der Waals surface area contributed by atoms with Crippen LogP contribution in [0.4, 0.5) is 4.79 Å². The number of nitrogens with zero attached hydrogens (tertiary/aromatic N) is 1. The minimum absolute atomic E-state index is 0.0387. The molecule has 6 heteroatoms. The Morgan fingerprint density at radius 1 is 1.50 bits per heavy atom. The van der Waals surface area contributed by atoms with Crippen molar-refractivity contribution in [1.29, 1.82) is 0 Å². The highest BCUT2D eigenvalue weighted by Gasteiger charge is 2.18. The molecule has 2 rings (SSSR count). The van der Waals surface area contributed by atoms with E-state index in [1.165, 1.54) is 0 Å². The minimum atomic E-state index is -0.0387. The highest BCUT2D eigenvalue weighted by atomic mass is 35.5. The second kappa shape index (κ2) is 5.93.